The lowest BCUT2D eigenvalue weighted by Gasteiger charge is -2.06. The standard InChI is InChI=1S/C10H16N2O2/c1-9(7-11)13-5-3-4-6-14-10(2)8-12/h9-10H,3-6H2,1-2H3. The van der Waals surface area contributed by atoms with Crippen LogP contribution in [0.5, 0.6) is 0 Å². The van der Waals surface area contributed by atoms with Gasteiger partial charge in [0.2, 0.25) is 0 Å². The van der Waals surface area contributed by atoms with Crippen molar-refractivity contribution in [3.63, 3.8) is 0 Å². The van der Waals surface area contributed by atoms with Gasteiger partial charge in [-0.05, 0) is 26.7 Å². The van der Waals surface area contributed by atoms with Gasteiger partial charge >= 0.3 is 0 Å². The van der Waals surface area contributed by atoms with Crippen molar-refractivity contribution in [2.45, 2.75) is 38.9 Å². The van der Waals surface area contributed by atoms with E-state index in [2.05, 4.69) is 0 Å². The second-order valence-electron chi connectivity index (χ2n) is 2.99. The van der Waals surface area contributed by atoms with Crippen LogP contribution >= 0.6 is 0 Å². The Kier molecular flexibility index (Phi) is 7.83. The molecule has 78 valence electrons. The zero-order chi connectivity index (χ0) is 10.8. The number of nitriles is 2. The van der Waals surface area contributed by atoms with Crippen LogP contribution in [0.2, 0.25) is 0 Å². The van der Waals surface area contributed by atoms with Crippen molar-refractivity contribution in [1.82, 2.24) is 0 Å². The lowest BCUT2D eigenvalue weighted by Crippen LogP contribution is -2.09. The molecule has 0 rings (SSSR count). The van der Waals surface area contributed by atoms with Crippen molar-refractivity contribution in [1.29, 1.82) is 10.5 Å². The highest BCUT2D eigenvalue weighted by molar-refractivity contribution is 4.79. The summed E-state index contributed by atoms with van der Waals surface area (Å²) in [7, 11) is 0. The molecule has 0 radical (unpaired) electrons. The zero-order valence-electron chi connectivity index (χ0n) is 8.69. The third-order valence-corrected chi connectivity index (χ3v) is 1.64. The maximum atomic E-state index is 8.41. The van der Waals surface area contributed by atoms with Gasteiger partial charge in [-0.3, -0.25) is 0 Å². The number of rotatable bonds is 7. The zero-order valence-corrected chi connectivity index (χ0v) is 8.69. The van der Waals surface area contributed by atoms with Crippen molar-refractivity contribution in [2.24, 2.45) is 0 Å². The normalized spacial score (nSPS) is 14.0. The van der Waals surface area contributed by atoms with Crippen LogP contribution in [0.15, 0.2) is 0 Å². The minimum absolute atomic E-state index is 0.339. The molecule has 4 nitrogen and oxygen atoms in total. The number of nitrogens with zero attached hydrogens (tertiary/aromatic N) is 2. The molecular weight excluding hydrogens is 180 g/mol. The van der Waals surface area contributed by atoms with Gasteiger partial charge in [0.25, 0.3) is 0 Å². The van der Waals surface area contributed by atoms with Crippen LogP contribution in [0, 0.1) is 22.7 Å². The van der Waals surface area contributed by atoms with Crippen LogP contribution < -0.4 is 0 Å². The molecular formula is C10H16N2O2. The third kappa shape index (κ3) is 7.54. The molecule has 0 saturated carbocycles. The summed E-state index contributed by atoms with van der Waals surface area (Å²) in [4.78, 5) is 0. The van der Waals surface area contributed by atoms with Gasteiger partial charge in [0.15, 0.2) is 0 Å². The van der Waals surface area contributed by atoms with E-state index in [4.69, 9.17) is 20.0 Å². The van der Waals surface area contributed by atoms with E-state index in [1.54, 1.807) is 13.8 Å². The van der Waals surface area contributed by atoms with E-state index in [0.29, 0.717) is 13.2 Å². The summed E-state index contributed by atoms with van der Waals surface area (Å²) in [6.07, 6.45) is 1.02. The average molecular weight is 196 g/mol. The fourth-order valence-corrected chi connectivity index (χ4v) is 0.799. The van der Waals surface area contributed by atoms with Gasteiger partial charge in [-0.2, -0.15) is 10.5 Å². The monoisotopic (exact) mass is 196 g/mol. The van der Waals surface area contributed by atoms with E-state index in [1.807, 2.05) is 12.1 Å². The SMILES string of the molecule is CC(C#N)OCCCCOC(C)C#N. The predicted octanol–water partition coefficient (Wildman–Crippen LogP) is 1.62. The van der Waals surface area contributed by atoms with Crippen molar-refractivity contribution in [3.8, 4) is 12.1 Å². The molecule has 2 unspecified atom stereocenters. The summed E-state index contributed by atoms with van der Waals surface area (Å²) in [5.74, 6) is 0. The van der Waals surface area contributed by atoms with Crippen molar-refractivity contribution in [2.75, 3.05) is 13.2 Å². The Balaban J connectivity index is 3.16. The molecule has 14 heavy (non-hydrogen) atoms. The van der Waals surface area contributed by atoms with E-state index < -0.39 is 0 Å². The van der Waals surface area contributed by atoms with Gasteiger partial charge in [-0.25, -0.2) is 0 Å². The molecule has 0 aromatic carbocycles. The first-order valence-electron chi connectivity index (χ1n) is 4.73. The largest absolute Gasteiger partial charge is 0.364 e. The molecule has 0 spiro atoms. The molecule has 4 heteroatoms. The maximum absolute atomic E-state index is 8.41. The quantitative estimate of drug-likeness (QED) is 0.580. The van der Waals surface area contributed by atoms with Gasteiger partial charge in [-0.15, -0.1) is 0 Å². The van der Waals surface area contributed by atoms with E-state index in [-0.39, 0.29) is 12.2 Å². The fourth-order valence-electron chi connectivity index (χ4n) is 0.799. The topological polar surface area (TPSA) is 66.0 Å². The molecule has 0 fully saturated rings. The predicted molar refractivity (Wildman–Crippen MR) is 51.3 cm³/mol. The number of ether oxygens (including phenoxy) is 2. The average Bonchev–Trinajstić information content (AvgIpc) is 2.22. The Morgan fingerprint density at radius 1 is 0.929 bits per heavy atom. The second kappa shape index (κ2) is 8.50. The Bertz CT molecular complexity index is 193. The molecule has 0 aliphatic rings. The van der Waals surface area contributed by atoms with Crippen LogP contribution in [0.4, 0.5) is 0 Å². The summed E-state index contributed by atoms with van der Waals surface area (Å²) in [6, 6.07) is 3.97. The van der Waals surface area contributed by atoms with Gasteiger partial charge in [-0.1, -0.05) is 0 Å². The highest BCUT2D eigenvalue weighted by Gasteiger charge is 1.99. The minimum atomic E-state index is -0.339. The van der Waals surface area contributed by atoms with E-state index >= 15 is 0 Å². The molecule has 0 heterocycles. The van der Waals surface area contributed by atoms with E-state index in [0.717, 1.165) is 12.8 Å². The number of hydrogen-bond donors (Lipinski definition) is 0. The Morgan fingerprint density at radius 2 is 1.29 bits per heavy atom. The lowest BCUT2D eigenvalue weighted by molar-refractivity contribution is 0.0734. The first kappa shape index (κ1) is 12.9. The maximum Gasteiger partial charge on any atom is 0.141 e. The Labute approximate surface area is 85.0 Å². The summed E-state index contributed by atoms with van der Waals surface area (Å²) in [5, 5.41) is 16.8. The van der Waals surface area contributed by atoms with Crippen LogP contribution in [0.25, 0.3) is 0 Å². The molecule has 0 aromatic rings. The van der Waals surface area contributed by atoms with Gasteiger partial charge in [0, 0.05) is 13.2 Å². The molecule has 0 aromatic heterocycles. The second-order valence-corrected chi connectivity index (χ2v) is 2.99. The highest BCUT2D eigenvalue weighted by Crippen LogP contribution is 1.97. The Hall–Kier alpha value is -1.10. The van der Waals surface area contributed by atoms with Crippen molar-refractivity contribution < 1.29 is 9.47 Å². The van der Waals surface area contributed by atoms with Crippen LogP contribution in [-0.4, -0.2) is 25.4 Å². The number of hydrogen-bond acceptors (Lipinski definition) is 4. The first-order chi connectivity index (χ1) is 6.70. The fraction of sp³-hybridized carbons (Fsp3) is 0.800. The van der Waals surface area contributed by atoms with Gasteiger partial charge in [0.05, 0.1) is 12.1 Å². The van der Waals surface area contributed by atoms with Gasteiger partial charge in [0.1, 0.15) is 12.2 Å². The summed E-state index contributed by atoms with van der Waals surface area (Å²) < 4.78 is 10.3. The third-order valence-electron chi connectivity index (χ3n) is 1.64. The number of unbranched alkanes of at least 4 members (excludes halogenated alkanes) is 1. The van der Waals surface area contributed by atoms with E-state index in [1.165, 1.54) is 0 Å². The van der Waals surface area contributed by atoms with Crippen LogP contribution in [0.1, 0.15) is 26.7 Å². The molecule has 2 atom stereocenters. The van der Waals surface area contributed by atoms with Crippen LogP contribution in [-0.2, 0) is 9.47 Å². The molecule has 0 saturated heterocycles. The lowest BCUT2D eigenvalue weighted by atomic mass is 10.3. The van der Waals surface area contributed by atoms with Crippen molar-refractivity contribution in [3.05, 3.63) is 0 Å². The molecule has 0 aliphatic carbocycles. The smallest absolute Gasteiger partial charge is 0.141 e. The molecule has 0 N–H and O–H groups in total. The van der Waals surface area contributed by atoms with Crippen molar-refractivity contribution >= 4 is 0 Å². The summed E-state index contributed by atoms with van der Waals surface area (Å²) in [6.45, 7) is 4.57. The first-order valence-corrected chi connectivity index (χ1v) is 4.73. The molecule has 0 amide bonds. The Morgan fingerprint density at radius 3 is 1.57 bits per heavy atom. The summed E-state index contributed by atoms with van der Waals surface area (Å²) >= 11 is 0. The summed E-state index contributed by atoms with van der Waals surface area (Å²) in [5.41, 5.74) is 0. The van der Waals surface area contributed by atoms with E-state index in [9.17, 15) is 0 Å². The molecule has 0 aliphatic heterocycles. The van der Waals surface area contributed by atoms with Gasteiger partial charge < -0.3 is 9.47 Å². The molecule has 0 bridgehead atoms. The minimum Gasteiger partial charge on any atom is -0.364 e. The highest BCUT2D eigenvalue weighted by atomic mass is 16.5. The van der Waals surface area contributed by atoms with Crippen LogP contribution in [0.3, 0.4) is 0 Å².